The molecule has 0 spiro atoms. The first-order valence-electron chi connectivity index (χ1n) is 17.7. The number of hydrogen-bond donors (Lipinski definition) is 0. The second-order valence-corrected chi connectivity index (χ2v) is 13.0. The molecule has 0 saturated heterocycles. The zero-order chi connectivity index (χ0) is 34.7. The third kappa shape index (κ3) is 6.30. The van der Waals surface area contributed by atoms with Crippen molar-refractivity contribution in [1.82, 2.24) is 0 Å². The highest BCUT2D eigenvalue weighted by Gasteiger charge is 2.16. The normalized spacial score (nSPS) is 11.1. The molecule has 52 heavy (non-hydrogen) atoms. The van der Waals surface area contributed by atoms with Crippen LogP contribution in [0.3, 0.4) is 0 Å². The Morgan fingerprint density at radius 2 is 0.654 bits per heavy atom. The Morgan fingerprint density at radius 1 is 0.269 bits per heavy atom. The van der Waals surface area contributed by atoms with Crippen molar-refractivity contribution >= 4 is 28.0 Å². The lowest BCUT2D eigenvalue weighted by Gasteiger charge is -2.26. The van der Waals surface area contributed by atoms with Gasteiger partial charge in [0, 0.05) is 28.0 Å². The zero-order valence-corrected chi connectivity index (χ0v) is 28.6. The third-order valence-corrected chi connectivity index (χ3v) is 9.72. The molecule has 9 rings (SSSR count). The molecule has 0 atom stereocenters. The number of anilines is 3. The summed E-state index contributed by atoms with van der Waals surface area (Å²) in [5, 5.41) is 1.10. The number of nitrogens with zero attached hydrogens (tertiary/aromatic N) is 1. The monoisotopic (exact) mass is 665 g/mol. The van der Waals surface area contributed by atoms with E-state index in [4.69, 9.17) is 4.42 Å². The van der Waals surface area contributed by atoms with Crippen molar-refractivity contribution in [1.29, 1.82) is 0 Å². The van der Waals surface area contributed by atoms with Gasteiger partial charge in [-0.15, -0.1) is 0 Å². The topological polar surface area (TPSA) is 16.4 Å². The van der Waals surface area contributed by atoms with Crippen LogP contribution in [0.1, 0.15) is 0 Å². The summed E-state index contributed by atoms with van der Waals surface area (Å²) in [7, 11) is 0. The molecule has 2 nitrogen and oxygen atoms in total. The molecule has 0 unspecified atom stereocenters. The lowest BCUT2D eigenvalue weighted by molar-refractivity contribution is 0.631. The van der Waals surface area contributed by atoms with Crippen LogP contribution in [0.4, 0.5) is 17.1 Å². The van der Waals surface area contributed by atoms with Crippen molar-refractivity contribution in [3.05, 3.63) is 212 Å². The zero-order valence-electron chi connectivity index (χ0n) is 28.6. The number of furan rings is 1. The molecule has 0 amide bonds. The molecule has 8 aromatic carbocycles. The van der Waals surface area contributed by atoms with E-state index in [0.29, 0.717) is 0 Å². The van der Waals surface area contributed by atoms with Crippen molar-refractivity contribution < 1.29 is 4.42 Å². The van der Waals surface area contributed by atoms with Crippen LogP contribution in [-0.4, -0.2) is 0 Å². The summed E-state index contributed by atoms with van der Waals surface area (Å²) in [5.74, 6) is 0.853. The summed E-state index contributed by atoms with van der Waals surface area (Å²) in [5.41, 5.74) is 14.7. The number of hydrogen-bond acceptors (Lipinski definition) is 2. The number of para-hydroxylation sites is 1. The van der Waals surface area contributed by atoms with E-state index in [1.807, 2.05) is 18.2 Å². The lowest BCUT2D eigenvalue weighted by atomic mass is 9.99. The highest BCUT2D eigenvalue weighted by molar-refractivity contribution is 5.86. The van der Waals surface area contributed by atoms with Gasteiger partial charge in [-0.1, -0.05) is 164 Å². The molecule has 0 fully saturated rings. The van der Waals surface area contributed by atoms with Crippen LogP contribution in [0, 0.1) is 0 Å². The van der Waals surface area contributed by atoms with E-state index in [2.05, 4.69) is 199 Å². The maximum absolute atomic E-state index is 6.28. The smallest absolute Gasteiger partial charge is 0.135 e. The van der Waals surface area contributed by atoms with Crippen LogP contribution in [0.15, 0.2) is 217 Å². The van der Waals surface area contributed by atoms with E-state index in [1.54, 1.807) is 0 Å². The van der Waals surface area contributed by atoms with Gasteiger partial charge in [0.05, 0.1) is 0 Å². The summed E-state index contributed by atoms with van der Waals surface area (Å²) < 4.78 is 6.28. The van der Waals surface area contributed by atoms with E-state index < -0.39 is 0 Å². The van der Waals surface area contributed by atoms with Crippen LogP contribution < -0.4 is 4.90 Å². The summed E-state index contributed by atoms with van der Waals surface area (Å²) in [6.07, 6.45) is 0. The van der Waals surface area contributed by atoms with Crippen molar-refractivity contribution in [2.24, 2.45) is 0 Å². The van der Waals surface area contributed by atoms with Gasteiger partial charge in [0.1, 0.15) is 11.3 Å². The first-order valence-corrected chi connectivity index (χ1v) is 17.7. The first-order chi connectivity index (χ1) is 25.7. The van der Waals surface area contributed by atoms with E-state index in [-0.39, 0.29) is 0 Å². The predicted molar refractivity (Wildman–Crippen MR) is 218 cm³/mol. The fourth-order valence-electron chi connectivity index (χ4n) is 6.95. The number of benzene rings is 8. The van der Waals surface area contributed by atoms with Gasteiger partial charge < -0.3 is 9.32 Å². The quantitative estimate of drug-likeness (QED) is 0.161. The van der Waals surface area contributed by atoms with Gasteiger partial charge in [-0.05, 0) is 93.0 Å². The molecule has 0 N–H and O–H groups in total. The van der Waals surface area contributed by atoms with Gasteiger partial charge in [0.15, 0.2) is 0 Å². The molecule has 246 valence electrons. The lowest BCUT2D eigenvalue weighted by Crippen LogP contribution is -2.10. The molecule has 1 heterocycles. The van der Waals surface area contributed by atoms with E-state index in [0.717, 1.165) is 39.4 Å². The predicted octanol–water partition coefficient (Wildman–Crippen LogP) is 14.2. The summed E-state index contributed by atoms with van der Waals surface area (Å²) in [6, 6.07) is 75.2. The van der Waals surface area contributed by atoms with Gasteiger partial charge >= 0.3 is 0 Å². The molecule has 2 heteroatoms. The largest absolute Gasteiger partial charge is 0.456 e. The molecule has 0 aliphatic heterocycles. The van der Waals surface area contributed by atoms with E-state index in [1.165, 1.54) is 44.5 Å². The maximum atomic E-state index is 6.28. The number of fused-ring (bicyclic) bond motifs is 1. The summed E-state index contributed by atoms with van der Waals surface area (Å²) >= 11 is 0. The van der Waals surface area contributed by atoms with Crippen LogP contribution in [0.2, 0.25) is 0 Å². The minimum absolute atomic E-state index is 0.853. The maximum Gasteiger partial charge on any atom is 0.135 e. The standard InChI is InChI=1S/C50H35NO/c1-3-10-36(11-4-1)38-18-22-40(23-19-38)42-26-30-46(31-27-42)51(48-16-9-15-44(34-48)50-35-45-14-7-8-17-49(45)52-50)47-32-28-43(29-33-47)41-24-20-39(21-25-41)37-12-5-2-6-13-37/h1-35H. The SMILES string of the molecule is c1ccc(-c2ccc(-c3ccc(N(c4ccc(-c5ccc(-c6ccccc6)cc5)cc4)c4cccc(-c5cc6ccccc6o5)c4)cc3)cc2)cc1. The van der Waals surface area contributed by atoms with Crippen molar-refractivity contribution in [3.63, 3.8) is 0 Å². The minimum Gasteiger partial charge on any atom is -0.456 e. The summed E-state index contributed by atoms with van der Waals surface area (Å²) in [4.78, 5) is 2.32. The molecule has 0 aliphatic rings. The molecule has 9 aromatic rings. The average Bonchev–Trinajstić information content (AvgIpc) is 3.67. The van der Waals surface area contributed by atoms with Crippen LogP contribution in [0.5, 0.6) is 0 Å². The van der Waals surface area contributed by atoms with Gasteiger partial charge in [-0.2, -0.15) is 0 Å². The molecule has 0 saturated carbocycles. The fourth-order valence-corrected chi connectivity index (χ4v) is 6.95. The Balaban J connectivity index is 1.06. The molecular formula is C50H35NO. The van der Waals surface area contributed by atoms with Gasteiger partial charge in [-0.25, -0.2) is 0 Å². The molecule has 0 bridgehead atoms. The second kappa shape index (κ2) is 13.8. The highest BCUT2D eigenvalue weighted by Crippen LogP contribution is 2.39. The Labute approximate surface area is 304 Å². The Morgan fingerprint density at radius 3 is 1.12 bits per heavy atom. The van der Waals surface area contributed by atoms with Gasteiger partial charge in [-0.3, -0.25) is 0 Å². The fraction of sp³-hybridized carbons (Fsp3) is 0. The Kier molecular flexibility index (Phi) is 8.24. The first kappa shape index (κ1) is 31.1. The molecular weight excluding hydrogens is 631 g/mol. The van der Waals surface area contributed by atoms with Crippen LogP contribution in [0.25, 0.3) is 66.8 Å². The van der Waals surface area contributed by atoms with Crippen molar-refractivity contribution in [2.75, 3.05) is 4.90 Å². The van der Waals surface area contributed by atoms with Crippen molar-refractivity contribution in [3.8, 4) is 55.8 Å². The van der Waals surface area contributed by atoms with Crippen LogP contribution in [-0.2, 0) is 0 Å². The molecule has 0 radical (unpaired) electrons. The molecule has 1 aromatic heterocycles. The van der Waals surface area contributed by atoms with E-state index >= 15 is 0 Å². The average molecular weight is 666 g/mol. The number of rotatable bonds is 8. The Hall–Kier alpha value is -6.90. The van der Waals surface area contributed by atoms with E-state index in [9.17, 15) is 0 Å². The van der Waals surface area contributed by atoms with Crippen LogP contribution >= 0.6 is 0 Å². The van der Waals surface area contributed by atoms with Gasteiger partial charge in [0.25, 0.3) is 0 Å². The molecule has 0 aliphatic carbocycles. The minimum atomic E-state index is 0.853. The third-order valence-electron chi connectivity index (χ3n) is 9.72. The second-order valence-electron chi connectivity index (χ2n) is 13.0. The summed E-state index contributed by atoms with van der Waals surface area (Å²) in [6.45, 7) is 0. The van der Waals surface area contributed by atoms with Gasteiger partial charge in [0.2, 0.25) is 0 Å². The highest BCUT2D eigenvalue weighted by atomic mass is 16.3. The Bertz CT molecular complexity index is 2410. The van der Waals surface area contributed by atoms with Crippen molar-refractivity contribution in [2.45, 2.75) is 0 Å².